The predicted octanol–water partition coefficient (Wildman–Crippen LogP) is 1.93. The molecule has 1 fully saturated rings. The fourth-order valence-electron chi connectivity index (χ4n) is 4.14. The van der Waals surface area contributed by atoms with E-state index in [4.69, 9.17) is 9.97 Å². The summed E-state index contributed by atoms with van der Waals surface area (Å²) in [5, 5.41) is 12.4. The Balaban J connectivity index is 1.41. The van der Waals surface area contributed by atoms with Gasteiger partial charge in [0.15, 0.2) is 5.82 Å². The molecule has 0 bridgehead atoms. The number of anilines is 4. The van der Waals surface area contributed by atoms with Gasteiger partial charge in [-0.1, -0.05) is 0 Å². The number of pyridine rings is 1. The monoisotopic (exact) mass is 436 g/mol. The highest BCUT2D eigenvalue weighted by atomic mass is 19.1. The van der Waals surface area contributed by atoms with Crippen LogP contribution in [0.15, 0.2) is 35.3 Å². The topological polar surface area (TPSA) is 129 Å². The number of halogens is 1. The molecule has 3 aromatic rings. The highest BCUT2D eigenvalue weighted by molar-refractivity contribution is 5.96. The minimum absolute atomic E-state index is 0.211. The van der Waals surface area contributed by atoms with Crippen molar-refractivity contribution in [3.8, 4) is 0 Å². The fourth-order valence-corrected chi connectivity index (χ4v) is 4.14. The van der Waals surface area contributed by atoms with E-state index in [0.717, 1.165) is 36.9 Å². The molecule has 1 amide bonds. The van der Waals surface area contributed by atoms with Crippen LogP contribution >= 0.6 is 0 Å². The number of fused-ring (bicyclic) bond motifs is 1. The van der Waals surface area contributed by atoms with Crippen LogP contribution in [-0.4, -0.2) is 43.6 Å². The van der Waals surface area contributed by atoms with E-state index >= 15 is 0 Å². The van der Waals surface area contributed by atoms with Crippen molar-refractivity contribution in [3.63, 3.8) is 0 Å². The first-order chi connectivity index (χ1) is 15.6. The maximum absolute atomic E-state index is 13.1. The number of aromatic amines is 1. The quantitative estimate of drug-likeness (QED) is 0.518. The Hall–Kier alpha value is -3.89. The van der Waals surface area contributed by atoms with E-state index in [2.05, 4.69) is 25.8 Å². The first kappa shape index (κ1) is 20.0. The predicted molar refractivity (Wildman–Crippen MR) is 115 cm³/mol. The third kappa shape index (κ3) is 4.01. The Morgan fingerprint density at radius 1 is 1.16 bits per heavy atom. The molecule has 2 aliphatic rings. The van der Waals surface area contributed by atoms with Crippen molar-refractivity contribution in [1.82, 2.24) is 25.1 Å². The van der Waals surface area contributed by atoms with Crippen molar-refractivity contribution in [1.29, 1.82) is 0 Å². The molecule has 1 aliphatic heterocycles. The standard InChI is InChI=1S/C21H21FN8O2/c22-16-7-6-12(11-23-16)24-20(32)15-5-2-10-30(15)21-25-14-4-1-3-13(14)19(27-21)26-17-8-9-18(31)29-28-17/h6-9,11,15H,1-5,10H2,(H,24,32)(H,29,31)(H,25,26,27,28). The van der Waals surface area contributed by atoms with Gasteiger partial charge in [0.25, 0.3) is 5.56 Å². The average molecular weight is 436 g/mol. The number of aryl methyl sites for hydroxylation is 1. The van der Waals surface area contributed by atoms with Gasteiger partial charge in [-0.25, -0.2) is 15.1 Å². The Bertz CT molecular complexity index is 1190. The molecule has 5 rings (SSSR count). The van der Waals surface area contributed by atoms with Crippen molar-refractivity contribution < 1.29 is 9.18 Å². The molecule has 11 heteroatoms. The van der Waals surface area contributed by atoms with Gasteiger partial charge in [-0.05, 0) is 50.3 Å². The van der Waals surface area contributed by atoms with Gasteiger partial charge >= 0.3 is 0 Å². The van der Waals surface area contributed by atoms with Gasteiger partial charge in [-0.3, -0.25) is 9.59 Å². The average Bonchev–Trinajstić information content (AvgIpc) is 3.46. The lowest BCUT2D eigenvalue weighted by molar-refractivity contribution is -0.117. The summed E-state index contributed by atoms with van der Waals surface area (Å²) in [7, 11) is 0. The van der Waals surface area contributed by atoms with Crippen molar-refractivity contribution in [3.05, 3.63) is 58.0 Å². The van der Waals surface area contributed by atoms with E-state index in [1.54, 1.807) is 6.07 Å². The molecule has 0 radical (unpaired) electrons. The molecule has 164 valence electrons. The summed E-state index contributed by atoms with van der Waals surface area (Å²) in [5.74, 6) is 0.775. The minimum Gasteiger partial charge on any atom is -0.329 e. The van der Waals surface area contributed by atoms with Gasteiger partial charge in [-0.2, -0.15) is 14.5 Å². The van der Waals surface area contributed by atoms with Gasteiger partial charge in [-0.15, -0.1) is 0 Å². The molecule has 0 aromatic carbocycles. The third-order valence-electron chi connectivity index (χ3n) is 5.65. The van der Waals surface area contributed by atoms with E-state index in [9.17, 15) is 14.0 Å². The summed E-state index contributed by atoms with van der Waals surface area (Å²) in [5.41, 5.74) is 2.13. The minimum atomic E-state index is -0.603. The Kier molecular flexibility index (Phi) is 5.21. The number of rotatable bonds is 5. The second kappa shape index (κ2) is 8.33. The second-order valence-electron chi connectivity index (χ2n) is 7.79. The second-order valence-corrected chi connectivity index (χ2v) is 7.79. The summed E-state index contributed by atoms with van der Waals surface area (Å²) in [6.07, 6.45) is 5.43. The van der Waals surface area contributed by atoms with Crippen LogP contribution in [-0.2, 0) is 17.6 Å². The van der Waals surface area contributed by atoms with E-state index < -0.39 is 12.0 Å². The maximum Gasteiger partial charge on any atom is 0.264 e. The van der Waals surface area contributed by atoms with Crippen LogP contribution in [0.25, 0.3) is 0 Å². The molecule has 0 saturated carbocycles. The molecule has 1 atom stereocenters. The Morgan fingerprint density at radius 3 is 2.84 bits per heavy atom. The van der Waals surface area contributed by atoms with Crippen LogP contribution in [0, 0.1) is 5.95 Å². The lowest BCUT2D eigenvalue weighted by Gasteiger charge is -2.25. The van der Waals surface area contributed by atoms with E-state index in [1.807, 2.05) is 4.90 Å². The highest BCUT2D eigenvalue weighted by Crippen LogP contribution is 2.32. The van der Waals surface area contributed by atoms with Crippen LogP contribution in [0.5, 0.6) is 0 Å². The maximum atomic E-state index is 13.1. The van der Waals surface area contributed by atoms with Crippen molar-refractivity contribution >= 4 is 29.2 Å². The molecule has 1 saturated heterocycles. The van der Waals surface area contributed by atoms with Crippen molar-refractivity contribution in [2.75, 3.05) is 22.1 Å². The molecule has 4 heterocycles. The normalized spacial score (nSPS) is 17.3. The first-order valence-electron chi connectivity index (χ1n) is 10.5. The molecule has 1 unspecified atom stereocenters. The number of carbonyl (C=O) groups is 1. The lowest BCUT2D eigenvalue weighted by atomic mass is 10.2. The number of amides is 1. The smallest absolute Gasteiger partial charge is 0.264 e. The summed E-state index contributed by atoms with van der Waals surface area (Å²) in [6.45, 7) is 0.648. The third-order valence-corrected chi connectivity index (χ3v) is 5.65. The number of hydrogen-bond donors (Lipinski definition) is 3. The Labute approximate surface area is 182 Å². The van der Waals surface area contributed by atoms with Crippen LogP contribution in [0.2, 0.25) is 0 Å². The molecule has 10 nitrogen and oxygen atoms in total. The summed E-state index contributed by atoms with van der Waals surface area (Å²) < 4.78 is 13.1. The van der Waals surface area contributed by atoms with E-state index in [-0.39, 0.29) is 11.5 Å². The number of nitrogens with zero attached hydrogens (tertiary/aromatic N) is 5. The van der Waals surface area contributed by atoms with Crippen molar-refractivity contribution in [2.24, 2.45) is 0 Å². The number of aromatic nitrogens is 5. The molecular formula is C21H21FN8O2. The van der Waals surface area contributed by atoms with Crippen LogP contribution < -0.4 is 21.1 Å². The summed E-state index contributed by atoms with van der Waals surface area (Å²) in [4.78, 5) is 39.2. The van der Waals surface area contributed by atoms with Gasteiger partial charge in [0.2, 0.25) is 17.8 Å². The zero-order valence-electron chi connectivity index (χ0n) is 17.1. The number of H-pyrrole nitrogens is 1. The molecule has 1 aliphatic carbocycles. The van der Waals surface area contributed by atoms with Crippen LogP contribution in [0.1, 0.15) is 30.5 Å². The molecule has 0 spiro atoms. The summed E-state index contributed by atoms with van der Waals surface area (Å²) >= 11 is 0. The largest absolute Gasteiger partial charge is 0.329 e. The highest BCUT2D eigenvalue weighted by Gasteiger charge is 2.34. The number of carbonyl (C=O) groups excluding carboxylic acids is 1. The van der Waals surface area contributed by atoms with Gasteiger partial charge in [0.1, 0.15) is 11.9 Å². The lowest BCUT2D eigenvalue weighted by Crippen LogP contribution is -2.40. The van der Waals surface area contributed by atoms with Crippen molar-refractivity contribution in [2.45, 2.75) is 38.1 Å². The molecule has 3 N–H and O–H groups in total. The Morgan fingerprint density at radius 2 is 2.06 bits per heavy atom. The molecular weight excluding hydrogens is 415 g/mol. The van der Waals surface area contributed by atoms with Crippen LogP contribution in [0.3, 0.4) is 0 Å². The molecule has 32 heavy (non-hydrogen) atoms. The first-order valence-corrected chi connectivity index (χ1v) is 10.5. The van der Waals surface area contributed by atoms with Gasteiger partial charge in [0, 0.05) is 18.2 Å². The fraction of sp³-hybridized carbons (Fsp3) is 0.333. The van der Waals surface area contributed by atoms with Gasteiger partial charge in [0.05, 0.1) is 17.6 Å². The molecule has 3 aromatic heterocycles. The van der Waals surface area contributed by atoms with E-state index in [1.165, 1.54) is 24.4 Å². The summed E-state index contributed by atoms with van der Waals surface area (Å²) in [6, 6.07) is 5.21. The zero-order chi connectivity index (χ0) is 22.1. The van der Waals surface area contributed by atoms with Crippen LogP contribution in [0.4, 0.5) is 27.7 Å². The van der Waals surface area contributed by atoms with Gasteiger partial charge < -0.3 is 15.5 Å². The number of hydrogen-bond acceptors (Lipinski definition) is 8. The van der Waals surface area contributed by atoms with E-state index in [0.29, 0.717) is 36.2 Å². The zero-order valence-corrected chi connectivity index (χ0v) is 17.1. The number of nitrogens with one attached hydrogen (secondary N) is 3. The SMILES string of the molecule is O=C(Nc1ccc(F)nc1)C1CCCN1c1nc2c(c(Nc3ccc(=O)[nH]n3)n1)CCC2.